The molecule has 0 heterocycles. The van der Waals surface area contributed by atoms with E-state index in [2.05, 4.69) is 0 Å². The van der Waals surface area contributed by atoms with Crippen molar-refractivity contribution in [1.82, 2.24) is 0 Å². The first-order valence-corrected chi connectivity index (χ1v) is 5.45. The van der Waals surface area contributed by atoms with Gasteiger partial charge in [0.1, 0.15) is 5.82 Å². The smallest absolute Gasteiger partial charge is 0.142 e. The molecule has 0 atom stereocenters. The molecule has 2 rings (SSSR count). The van der Waals surface area contributed by atoms with E-state index < -0.39 is 0 Å². The molecule has 1 aliphatic carbocycles. The fourth-order valence-electron chi connectivity index (χ4n) is 1.98. The van der Waals surface area contributed by atoms with Crippen molar-refractivity contribution in [1.29, 1.82) is 0 Å². The van der Waals surface area contributed by atoms with Crippen molar-refractivity contribution in [2.75, 3.05) is 0 Å². The van der Waals surface area contributed by atoms with Crippen molar-refractivity contribution in [2.45, 2.75) is 32.1 Å². The van der Waals surface area contributed by atoms with Crippen LogP contribution in [0.4, 0.5) is 4.39 Å². The molecule has 75 valence electrons. The molecule has 1 aliphatic rings. The van der Waals surface area contributed by atoms with E-state index in [0.29, 0.717) is 0 Å². The molecule has 0 aromatic heterocycles. The molecule has 1 radical (unpaired) electrons. The molecule has 0 spiro atoms. The highest BCUT2D eigenvalue weighted by molar-refractivity contribution is 6.30. The lowest BCUT2D eigenvalue weighted by Crippen LogP contribution is -2.05. The molecular formula is C12H13ClF. The van der Waals surface area contributed by atoms with Crippen LogP contribution >= 0.6 is 11.6 Å². The van der Waals surface area contributed by atoms with E-state index in [1.807, 2.05) is 6.07 Å². The third-order valence-electron chi connectivity index (χ3n) is 2.78. The van der Waals surface area contributed by atoms with E-state index in [0.717, 1.165) is 18.4 Å². The van der Waals surface area contributed by atoms with Gasteiger partial charge in [-0.3, -0.25) is 0 Å². The zero-order valence-electron chi connectivity index (χ0n) is 8.02. The molecule has 0 unspecified atom stereocenters. The second-order valence-corrected chi connectivity index (χ2v) is 4.20. The van der Waals surface area contributed by atoms with E-state index in [1.165, 1.54) is 25.2 Å². The van der Waals surface area contributed by atoms with Gasteiger partial charge in [0, 0.05) is 5.92 Å². The van der Waals surface area contributed by atoms with Gasteiger partial charge in [0.15, 0.2) is 0 Å². The maximum absolute atomic E-state index is 13.2. The molecule has 1 aromatic rings. The van der Waals surface area contributed by atoms with Crippen LogP contribution in [0.3, 0.4) is 0 Å². The van der Waals surface area contributed by atoms with Crippen LogP contribution in [0.25, 0.3) is 0 Å². The summed E-state index contributed by atoms with van der Waals surface area (Å²) in [4.78, 5) is 0. The van der Waals surface area contributed by atoms with Crippen LogP contribution < -0.4 is 0 Å². The van der Waals surface area contributed by atoms with Crippen molar-refractivity contribution in [3.63, 3.8) is 0 Å². The molecule has 1 fully saturated rings. The summed E-state index contributed by atoms with van der Waals surface area (Å²) in [7, 11) is 0. The topological polar surface area (TPSA) is 0 Å². The molecule has 1 saturated carbocycles. The number of benzene rings is 1. The van der Waals surface area contributed by atoms with Gasteiger partial charge in [-0.15, -0.1) is 0 Å². The Balaban J connectivity index is 2.18. The highest BCUT2D eigenvalue weighted by Crippen LogP contribution is 2.32. The first-order chi connectivity index (χ1) is 6.77. The summed E-state index contributed by atoms with van der Waals surface area (Å²) in [5.41, 5.74) is 1.03. The second-order valence-electron chi connectivity index (χ2n) is 3.79. The third kappa shape index (κ3) is 2.09. The Bertz CT molecular complexity index is 316. The number of halogens is 2. The van der Waals surface area contributed by atoms with Crippen LogP contribution in [0.1, 0.15) is 37.7 Å². The minimum absolute atomic E-state index is 0.213. The summed E-state index contributed by atoms with van der Waals surface area (Å²) in [6.45, 7) is 0. The van der Waals surface area contributed by atoms with E-state index in [1.54, 1.807) is 12.1 Å². The zero-order valence-corrected chi connectivity index (χ0v) is 8.78. The molecule has 14 heavy (non-hydrogen) atoms. The first-order valence-electron chi connectivity index (χ1n) is 5.07. The summed E-state index contributed by atoms with van der Waals surface area (Å²) >= 11 is 5.64. The Morgan fingerprint density at radius 1 is 1.07 bits per heavy atom. The number of rotatable bonds is 1. The highest BCUT2D eigenvalue weighted by Gasteiger charge is 2.16. The Hall–Kier alpha value is -0.560. The van der Waals surface area contributed by atoms with E-state index in [-0.39, 0.29) is 10.8 Å². The van der Waals surface area contributed by atoms with E-state index in [4.69, 9.17) is 11.6 Å². The lowest BCUT2D eigenvalue weighted by Gasteiger charge is -2.21. The molecule has 0 bridgehead atoms. The maximum atomic E-state index is 13.2. The van der Waals surface area contributed by atoms with Gasteiger partial charge in [0.05, 0.1) is 5.02 Å². The van der Waals surface area contributed by atoms with Crippen molar-refractivity contribution >= 4 is 11.6 Å². The average Bonchev–Trinajstić information content (AvgIpc) is 2.23. The van der Waals surface area contributed by atoms with Gasteiger partial charge in [-0.1, -0.05) is 36.9 Å². The lowest BCUT2D eigenvalue weighted by molar-refractivity contribution is 0.548. The van der Waals surface area contributed by atoms with Crippen LogP contribution in [0.2, 0.25) is 5.02 Å². The van der Waals surface area contributed by atoms with E-state index in [9.17, 15) is 4.39 Å². The molecule has 1 aromatic carbocycles. The van der Waals surface area contributed by atoms with Crippen LogP contribution in [0.15, 0.2) is 18.2 Å². The van der Waals surface area contributed by atoms with E-state index >= 15 is 0 Å². The van der Waals surface area contributed by atoms with Gasteiger partial charge in [-0.2, -0.15) is 0 Å². The van der Waals surface area contributed by atoms with Crippen molar-refractivity contribution in [3.05, 3.63) is 40.5 Å². The summed E-state index contributed by atoms with van der Waals surface area (Å²) < 4.78 is 13.2. The van der Waals surface area contributed by atoms with Gasteiger partial charge < -0.3 is 0 Å². The second kappa shape index (κ2) is 4.31. The summed E-state index contributed by atoms with van der Waals surface area (Å²) in [6.07, 6.45) is 6.00. The number of hydrogen-bond donors (Lipinski definition) is 0. The Morgan fingerprint density at radius 3 is 2.43 bits per heavy atom. The molecule has 2 heteroatoms. The van der Waals surface area contributed by atoms with Gasteiger partial charge >= 0.3 is 0 Å². The van der Waals surface area contributed by atoms with Gasteiger partial charge in [0.25, 0.3) is 0 Å². The van der Waals surface area contributed by atoms with Crippen LogP contribution in [0, 0.1) is 11.7 Å². The molecule has 0 amide bonds. The molecule has 0 aliphatic heterocycles. The third-order valence-corrected chi connectivity index (χ3v) is 3.09. The number of hydrogen-bond acceptors (Lipinski definition) is 0. The average molecular weight is 212 g/mol. The standard InChI is InChI=1S/C12H13ClF/c13-11-7-6-10(8-12(11)14)9-4-2-1-3-5-9/h6-8H,1-5H2. The molecule has 0 N–H and O–H groups in total. The normalized spacial score (nSPS) is 18.4. The minimum atomic E-state index is -0.303. The quantitative estimate of drug-likeness (QED) is 0.647. The maximum Gasteiger partial charge on any atom is 0.142 e. The SMILES string of the molecule is Fc1cc([C]2CCCCC2)ccc1Cl. The fourth-order valence-corrected chi connectivity index (χ4v) is 2.10. The van der Waals surface area contributed by atoms with Crippen LogP contribution in [-0.2, 0) is 0 Å². The van der Waals surface area contributed by atoms with Gasteiger partial charge in [-0.05, 0) is 30.5 Å². The largest absolute Gasteiger partial charge is 0.205 e. The summed E-state index contributed by atoms with van der Waals surface area (Å²) in [5, 5.41) is 0.213. The monoisotopic (exact) mass is 211 g/mol. The van der Waals surface area contributed by atoms with Gasteiger partial charge in [0.2, 0.25) is 0 Å². The molecule has 0 saturated heterocycles. The Labute approximate surface area is 89.1 Å². The Morgan fingerprint density at radius 2 is 1.79 bits per heavy atom. The van der Waals surface area contributed by atoms with Crippen LogP contribution in [-0.4, -0.2) is 0 Å². The summed E-state index contributed by atoms with van der Waals surface area (Å²) in [5.74, 6) is 1.08. The predicted molar refractivity (Wildman–Crippen MR) is 56.8 cm³/mol. The van der Waals surface area contributed by atoms with Crippen molar-refractivity contribution in [3.8, 4) is 0 Å². The Kier molecular flexibility index (Phi) is 3.07. The summed E-state index contributed by atoms with van der Waals surface area (Å²) in [6, 6.07) is 5.13. The van der Waals surface area contributed by atoms with Crippen molar-refractivity contribution < 1.29 is 4.39 Å². The van der Waals surface area contributed by atoms with Gasteiger partial charge in [-0.25, -0.2) is 4.39 Å². The first kappa shape index (κ1) is 9.97. The van der Waals surface area contributed by atoms with Crippen LogP contribution in [0.5, 0.6) is 0 Å². The molecular weight excluding hydrogens is 199 g/mol. The predicted octanol–water partition coefficient (Wildman–Crippen LogP) is 4.37. The lowest BCUT2D eigenvalue weighted by atomic mass is 9.84. The highest BCUT2D eigenvalue weighted by atomic mass is 35.5. The van der Waals surface area contributed by atoms with Crippen molar-refractivity contribution in [2.24, 2.45) is 0 Å². The molecule has 0 nitrogen and oxygen atoms in total. The minimum Gasteiger partial charge on any atom is -0.205 e. The zero-order chi connectivity index (χ0) is 9.97. The fraction of sp³-hybridized carbons (Fsp3) is 0.417.